The first kappa shape index (κ1) is 8.84. The van der Waals surface area contributed by atoms with Crippen LogP contribution in [0.25, 0.3) is 0 Å². The topological polar surface area (TPSA) is 42.2 Å². The highest BCUT2D eigenvalue weighted by molar-refractivity contribution is 5.09. The quantitative estimate of drug-likeness (QED) is 0.680. The molecule has 3 nitrogen and oxygen atoms in total. The van der Waals surface area contributed by atoms with Crippen LogP contribution in [-0.2, 0) is 0 Å². The van der Waals surface area contributed by atoms with Crippen molar-refractivity contribution in [1.82, 2.24) is 4.73 Å². The Kier molecular flexibility index (Phi) is 2.53. The lowest BCUT2D eigenvalue weighted by atomic mass is 10.0. The van der Waals surface area contributed by atoms with Gasteiger partial charge < -0.3 is 5.21 Å². The fraction of sp³-hybridized carbons (Fsp3) is 0.444. The Bertz CT molecular complexity index is 317. The molecule has 1 N–H and O–H groups in total. The Morgan fingerprint density at radius 3 is 2.83 bits per heavy atom. The van der Waals surface area contributed by atoms with Gasteiger partial charge in [-0.1, -0.05) is 19.9 Å². The van der Waals surface area contributed by atoms with Crippen LogP contribution < -0.4 is 5.56 Å². The molecule has 1 aromatic heterocycles. The molecule has 1 aromatic rings. The lowest BCUT2D eigenvalue weighted by Gasteiger charge is -2.10. The van der Waals surface area contributed by atoms with Gasteiger partial charge in [-0.15, -0.1) is 0 Å². The zero-order chi connectivity index (χ0) is 9.14. The van der Waals surface area contributed by atoms with E-state index in [1.807, 2.05) is 13.8 Å². The summed E-state index contributed by atoms with van der Waals surface area (Å²) in [5.74, 6) is 0.212. The highest BCUT2D eigenvalue weighted by Crippen LogP contribution is 2.15. The highest BCUT2D eigenvalue weighted by Gasteiger charge is 2.07. The highest BCUT2D eigenvalue weighted by atomic mass is 16.5. The van der Waals surface area contributed by atoms with E-state index in [0.717, 1.165) is 6.42 Å². The van der Waals surface area contributed by atoms with Gasteiger partial charge in [0, 0.05) is 6.07 Å². The minimum absolute atomic E-state index is 0.212. The Morgan fingerprint density at radius 1 is 1.58 bits per heavy atom. The molecule has 0 bridgehead atoms. The third-order valence-electron chi connectivity index (χ3n) is 2.08. The minimum Gasteiger partial charge on any atom is -0.425 e. The van der Waals surface area contributed by atoms with E-state index in [-0.39, 0.29) is 11.5 Å². The van der Waals surface area contributed by atoms with E-state index < -0.39 is 0 Å². The monoisotopic (exact) mass is 167 g/mol. The zero-order valence-electron chi connectivity index (χ0n) is 7.32. The predicted molar refractivity (Wildman–Crippen MR) is 46.6 cm³/mol. The second-order valence-corrected chi connectivity index (χ2v) is 2.91. The van der Waals surface area contributed by atoms with E-state index in [1.165, 1.54) is 6.07 Å². The molecule has 1 rings (SSSR count). The van der Waals surface area contributed by atoms with Crippen molar-refractivity contribution in [1.29, 1.82) is 0 Å². The van der Waals surface area contributed by atoms with Crippen LogP contribution in [0.2, 0.25) is 0 Å². The fourth-order valence-electron chi connectivity index (χ4n) is 1.08. The molecule has 1 heterocycles. The Morgan fingerprint density at radius 2 is 2.25 bits per heavy atom. The third-order valence-corrected chi connectivity index (χ3v) is 2.08. The number of pyridine rings is 1. The van der Waals surface area contributed by atoms with Gasteiger partial charge in [0.15, 0.2) is 0 Å². The van der Waals surface area contributed by atoms with E-state index in [0.29, 0.717) is 10.4 Å². The van der Waals surface area contributed by atoms with Gasteiger partial charge in [0.05, 0.1) is 5.69 Å². The molecule has 0 aliphatic carbocycles. The molecular formula is C9H13NO2. The summed E-state index contributed by atoms with van der Waals surface area (Å²) in [7, 11) is 0. The number of hydrogen-bond donors (Lipinski definition) is 1. The van der Waals surface area contributed by atoms with Crippen LogP contribution in [0.15, 0.2) is 23.0 Å². The predicted octanol–water partition coefficient (Wildman–Crippen LogP) is 1.60. The summed E-state index contributed by atoms with van der Waals surface area (Å²) in [4.78, 5) is 11.0. The van der Waals surface area contributed by atoms with Crippen molar-refractivity contribution in [3.05, 3.63) is 34.2 Å². The van der Waals surface area contributed by atoms with E-state index in [4.69, 9.17) is 0 Å². The van der Waals surface area contributed by atoms with Crippen molar-refractivity contribution in [2.24, 2.45) is 0 Å². The zero-order valence-corrected chi connectivity index (χ0v) is 7.32. The summed E-state index contributed by atoms with van der Waals surface area (Å²) in [5, 5.41) is 9.30. The second kappa shape index (κ2) is 3.43. The van der Waals surface area contributed by atoms with Gasteiger partial charge in [-0.05, 0) is 18.4 Å². The lowest BCUT2D eigenvalue weighted by molar-refractivity contribution is 0.161. The maximum absolute atomic E-state index is 11.0. The van der Waals surface area contributed by atoms with Crippen LogP contribution in [-0.4, -0.2) is 9.94 Å². The number of rotatable bonds is 2. The first-order chi connectivity index (χ1) is 5.66. The largest absolute Gasteiger partial charge is 0.425 e. The minimum atomic E-state index is -0.368. The summed E-state index contributed by atoms with van der Waals surface area (Å²) in [5.41, 5.74) is 0.304. The van der Waals surface area contributed by atoms with Crippen molar-refractivity contribution < 1.29 is 5.21 Å². The van der Waals surface area contributed by atoms with Gasteiger partial charge in [0.25, 0.3) is 5.56 Å². The van der Waals surface area contributed by atoms with Crippen molar-refractivity contribution in [3.8, 4) is 0 Å². The first-order valence-electron chi connectivity index (χ1n) is 4.08. The van der Waals surface area contributed by atoms with Crippen molar-refractivity contribution in [2.75, 3.05) is 0 Å². The van der Waals surface area contributed by atoms with Crippen molar-refractivity contribution in [3.63, 3.8) is 0 Å². The van der Waals surface area contributed by atoms with Crippen LogP contribution in [0, 0.1) is 0 Å². The fourth-order valence-corrected chi connectivity index (χ4v) is 1.08. The maximum Gasteiger partial charge on any atom is 0.283 e. The van der Waals surface area contributed by atoms with Crippen LogP contribution in [0.3, 0.4) is 0 Å². The summed E-state index contributed by atoms with van der Waals surface area (Å²) in [6.07, 6.45) is 0.907. The molecule has 0 spiro atoms. The molecular weight excluding hydrogens is 154 g/mol. The molecule has 12 heavy (non-hydrogen) atoms. The van der Waals surface area contributed by atoms with Gasteiger partial charge in [0.1, 0.15) is 0 Å². The van der Waals surface area contributed by atoms with E-state index in [1.54, 1.807) is 12.1 Å². The normalized spacial score (nSPS) is 12.8. The lowest BCUT2D eigenvalue weighted by Crippen LogP contribution is -2.20. The molecule has 0 aliphatic heterocycles. The summed E-state index contributed by atoms with van der Waals surface area (Å²) < 4.78 is 0.716. The Labute approximate surface area is 71.2 Å². The second-order valence-electron chi connectivity index (χ2n) is 2.91. The molecule has 0 saturated carbocycles. The summed E-state index contributed by atoms with van der Waals surface area (Å²) in [6.45, 7) is 3.99. The van der Waals surface area contributed by atoms with Crippen molar-refractivity contribution in [2.45, 2.75) is 26.2 Å². The molecule has 66 valence electrons. The maximum atomic E-state index is 11.0. The molecule has 0 aliphatic rings. The van der Waals surface area contributed by atoms with E-state index in [2.05, 4.69) is 0 Å². The average Bonchev–Trinajstić information content (AvgIpc) is 2.08. The smallest absolute Gasteiger partial charge is 0.283 e. The standard InChI is InChI=1S/C9H13NO2/c1-3-7(2)8-5-4-6-9(11)10(8)12/h4-7,12H,3H2,1-2H3. The molecule has 1 atom stereocenters. The van der Waals surface area contributed by atoms with Crippen LogP contribution in [0.5, 0.6) is 0 Å². The van der Waals surface area contributed by atoms with Gasteiger partial charge >= 0.3 is 0 Å². The Balaban J connectivity index is 3.16. The average molecular weight is 167 g/mol. The van der Waals surface area contributed by atoms with Crippen molar-refractivity contribution >= 4 is 0 Å². The molecule has 0 radical (unpaired) electrons. The summed E-state index contributed by atoms with van der Waals surface area (Å²) >= 11 is 0. The molecule has 0 aromatic carbocycles. The molecule has 0 saturated heterocycles. The van der Waals surface area contributed by atoms with Gasteiger partial charge in [-0.3, -0.25) is 4.79 Å². The van der Waals surface area contributed by atoms with Crippen LogP contribution in [0.4, 0.5) is 0 Å². The molecule has 0 amide bonds. The number of aromatic nitrogens is 1. The van der Waals surface area contributed by atoms with E-state index >= 15 is 0 Å². The third kappa shape index (κ3) is 1.49. The van der Waals surface area contributed by atoms with Gasteiger partial charge in [0.2, 0.25) is 0 Å². The summed E-state index contributed by atoms with van der Waals surface area (Å²) in [6, 6.07) is 4.76. The molecule has 3 heteroatoms. The van der Waals surface area contributed by atoms with E-state index in [9.17, 15) is 10.0 Å². The van der Waals surface area contributed by atoms with Crippen LogP contribution in [0.1, 0.15) is 31.9 Å². The number of hydrogen-bond acceptors (Lipinski definition) is 2. The number of nitrogens with zero attached hydrogens (tertiary/aromatic N) is 1. The van der Waals surface area contributed by atoms with Crippen LogP contribution >= 0.6 is 0 Å². The van der Waals surface area contributed by atoms with Gasteiger partial charge in [-0.2, -0.15) is 4.73 Å². The molecule has 0 fully saturated rings. The molecule has 1 unspecified atom stereocenters. The SMILES string of the molecule is CCC(C)c1cccc(=O)n1O. The first-order valence-corrected chi connectivity index (χ1v) is 4.08. The van der Waals surface area contributed by atoms with Gasteiger partial charge in [-0.25, -0.2) is 0 Å². The Hall–Kier alpha value is -1.25.